The number of likely N-dealkylation sites (tertiary alicyclic amines) is 1. The van der Waals surface area contributed by atoms with E-state index in [2.05, 4.69) is 54.0 Å². The smallest absolute Gasteiger partial charge is 0.410 e. The van der Waals surface area contributed by atoms with Crippen LogP contribution in [0.4, 0.5) is 10.5 Å². The zero-order valence-corrected chi connectivity index (χ0v) is 25.3. The predicted octanol–water partition coefficient (Wildman–Crippen LogP) is 7.04. The first kappa shape index (κ1) is 29.9. The number of para-hydroxylation sites is 1. The number of ether oxygens (including phenoxy) is 4. The number of carbonyl (C=O) groups is 1. The molecule has 2 aromatic rings. The van der Waals surface area contributed by atoms with Crippen LogP contribution in [0.5, 0.6) is 17.2 Å². The molecule has 0 radical (unpaired) electrons. The van der Waals surface area contributed by atoms with Crippen molar-refractivity contribution < 1.29 is 23.7 Å². The van der Waals surface area contributed by atoms with Gasteiger partial charge in [0.25, 0.3) is 0 Å². The highest BCUT2D eigenvalue weighted by Crippen LogP contribution is 2.41. The molecule has 218 valence electrons. The van der Waals surface area contributed by atoms with Crippen LogP contribution < -0.4 is 19.1 Å². The van der Waals surface area contributed by atoms with E-state index < -0.39 is 5.60 Å². The normalized spacial score (nSPS) is 15.8. The summed E-state index contributed by atoms with van der Waals surface area (Å²) < 4.78 is 22.4. The summed E-state index contributed by atoms with van der Waals surface area (Å²) in [7, 11) is 4.86. The average molecular weight is 559 g/mol. The fraction of sp³-hybridized carbons (Fsp3) is 0.412. The summed E-state index contributed by atoms with van der Waals surface area (Å²) in [5.41, 5.74) is 8.23. The third-order valence-corrected chi connectivity index (χ3v) is 7.30. The second kappa shape index (κ2) is 13.0. The average Bonchev–Trinajstić information content (AvgIpc) is 3.15. The molecule has 0 saturated carbocycles. The van der Waals surface area contributed by atoms with Crippen molar-refractivity contribution in [1.29, 1.82) is 0 Å². The molecule has 1 amide bonds. The van der Waals surface area contributed by atoms with Crippen molar-refractivity contribution in [3.05, 3.63) is 83.1 Å². The summed E-state index contributed by atoms with van der Waals surface area (Å²) >= 11 is 0. The maximum absolute atomic E-state index is 12.7. The van der Waals surface area contributed by atoms with Gasteiger partial charge >= 0.3 is 6.09 Å². The summed E-state index contributed by atoms with van der Waals surface area (Å²) in [6, 6.07) is 14.7. The summed E-state index contributed by atoms with van der Waals surface area (Å²) in [6.07, 6.45) is 7.81. The van der Waals surface area contributed by atoms with Gasteiger partial charge in [-0.2, -0.15) is 0 Å². The van der Waals surface area contributed by atoms with E-state index in [1.54, 1.807) is 21.3 Å². The largest absolute Gasteiger partial charge is 0.493 e. The molecule has 0 N–H and O–H groups in total. The number of allylic oxidation sites excluding steroid dienone is 3. The van der Waals surface area contributed by atoms with Gasteiger partial charge in [0.2, 0.25) is 5.75 Å². The standard InChI is InChI=1S/C34H42N2O5/c1-24-12-11-13-25(20-29(24)26-21-30(38-5)32(40-7)31(22-26)39-6)23-36(27-14-9-8-10-15-27)28-16-18-35(19-17-28)33(37)41-34(2,3)4/h8-11,13-15,20-22,28H,16-19,23H2,1-7H3. The molecule has 0 aromatic heterocycles. The van der Waals surface area contributed by atoms with Crippen LogP contribution in [0.25, 0.3) is 5.57 Å². The number of nitrogens with zero attached hydrogens (tertiary/aromatic N) is 2. The van der Waals surface area contributed by atoms with Gasteiger partial charge in [0.1, 0.15) is 5.60 Å². The molecule has 1 aliphatic heterocycles. The Bertz CT molecular complexity index is 1330. The Morgan fingerprint density at radius 2 is 1.63 bits per heavy atom. The number of rotatable bonds is 8. The molecule has 2 aliphatic rings. The van der Waals surface area contributed by atoms with Gasteiger partial charge in [0.05, 0.1) is 21.3 Å². The zero-order chi connectivity index (χ0) is 29.6. The van der Waals surface area contributed by atoms with Crippen molar-refractivity contribution in [2.45, 2.75) is 52.2 Å². The quantitative estimate of drug-likeness (QED) is 0.324. The van der Waals surface area contributed by atoms with Crippen LogP contribution in [0.3, 0.4) is 0 Å². The van der Waals surface area contributed by atoms with Crippen LogP contribution in [0.1, 0.15) is 46.1 Å². The van der Waals surface area contributed by atoms with Gasteiger partial charge in [0.15, 0.2) is 11.5 Å². The van der Waals surface area contributed by atoms with Crippen LogP contribution in [-0.4, -0.2) is 63.6 Å². The predicted molar refractivity (Wildman–Crippen MR) is 164 cm³/mol. The second-order valence-electron chi connectivity index (χ2n) is 11.3. The van der Waals surface area contributed by atoms with Crippen molar-refractivity contribution in [1.82, 2.24) is 4.90 Å². The first-order valence-electron chi connectivity index (χ1n) is 14.1. The molecule has 2 aromatic carbocycles. The SMILES string of the molecule is COc1cc(C2=CC(CN(c3ccccc3)C3CCN(C(=O)OC(C)(C)C)CC3)=CC=C=C2C)cc(OC)c1OC. The Morgan fingerprint density at radius 1 is 1.00 bits per heavy atom. The molecular weight excluding hydrogens is 516 g/mol. The summed E-state index contributed by atoms with van der Waals surface area (Å²) in [5, 5.41) is 0. The monoisotopic (exact) mass is 558 g/mol. The van der Waals surface area contributed by atoms with Crippen molar-refractivity contribution in [3.63, 3.8) is 0 Å². The number of benzene rings is 2. The zero-order valence-electron chi connectivity index (χ0n) is 25.3. The number of methoxy groups -OCH3 is 3. The topological polar surface area (TPSA) is 60.5 Å². The number of anilines is 1. The first-order valence-corrected chi connectivity index (χ1v) is 14.1. The molecule has 1 heterocycles. The fourth-order valence-electron chi connectivity index (χ4n) is 5.26. The molecule has 7 nitrogen and oxygen atoms in total. The Morgan fingerprint density at radius 3 is 2.20 bits per heavy atom. The summed E-state index contributed by atoms with van der Waals surface area (Å²) in [6.45, 7) is 9.80. The van der Waals surface area contributed by atoms with Gasteiger partial charge in [-0.1, -0.05) is 18.2 Å². The minimum absolute atomic E-state index is 0.238. The highest BCUT2D eigenvalue weighted by Gasteiger charge is 2.30. The Labute approximate surface area is 244 Å². The number of hydrogen-bond acceptors (Lipinski definition) is 6. The molecule has 0 atom stereocenters. The van der Waals surface area contributed by atoms with Crippen LogP contribution in [0.15, 0.2) is 77.6 Å². The van der Waals surface area contributed by atoms with E-state index in [9.17, 15) is 4.79 Å². The second-order valence-corrected chi connectivity index (χ2v) is 11.3. The number of amides is 1. The molecular formula is C34H42N2O5. The van der Waals surface area contributed by atoms with E-state index in [1.165, 1.54) is 0 Å². The van der Waals surface area contributed by atoms with Gasteiger partial charge in [-0.05, 0) is 105 Å². The first-order chi connectivity index (χ1) is 19.6. The molecule has 4 rings (SSSR count). The van der Waals surface area contributed by atoms with E-state index in [0.29, 0.717) is 36.9 Å². The van der Waals surface area contributed by atoms with Gasteiger partial charge in [-0.15, -0.1) is 5.73 Å². The van der Waals surface area contributed by atoms with Gasteiger partial charge in [-0.25, -0.2) is 4.79 Å². The number of piperidine rings is 1. The minimum Gasteiger partial charge on any atom is -0.493 e. The number of hydrogen-bond donors (Lipinski definition) is 0. The van der Waals surface area contributed by atoms with E-state index in [1.807, 2.05) is 49.9 Å². The number of carbonyl (C=O) groups excluding carboxylic acids is 1. The molecule has 1 fully saturated rings. The molecule has 1 aliphatic carbocycles. The van der Waals surface area contributed by atoms with E-state index in [0.717, 1.165) is 40.8 Å². The van der Waals surface area contributed by atoms with Crippen molar-refractivity contribution in [3.8, 4) is 17.2 Å². The lowest BCUT2D eigenvalue weighted by molar-refractivity contribution is 0.0205. The fourth-order valence-corrected chi connectivity index (χ4v) is 5.26. The third kappa shape index (κ3) is 7.36. The Balaban J connectivity index is 1.62. The highest BCUT2D eigenvalue weighted by molar-refractivity contribution is 5.83. The molecule has 41 heavy (non-hydrogen) atoms. The molecule has 0 spiro atoms. The van der Waals surface area contributed by atoms with E-state index >= 15 is 0 Å². The summed E-state index contributed by atoms with van der Waals surface area (Å²) in [5.74, 6) is 1.78. The van der Waals surface area contributed by atoms with Gasteiger partial charge in [0, 0.05) is 31.4 Å². The van der Waals surface area contributed by atoms with Crippen LogP contribution in [0.2, 0.25) is 0 Å². The van der Waals surface area contributed by atoms with Crippen LogP contribution >= 0.6 is 0 Å². The highest BCUT2D eigenvalue weighted by atomic mass is 16.6. The van der Waals surface area contributed by atoms with Gasteiger partial charge < -0.3 is 28.7 Å². The summed E-state index contributed by atoms with van der Waals surface area (Å²) in [4.78, 5) is 17.0. The maximum Gasteiger partial charge on any atom is 0.410 e. The van der Waals surface area contributed by atoms with Gasteiger partial charge in [-0.3, -0.25) is 0 Å². The van der Waals surface area contributed by atoms with Crippen molar-refractivity contribution >= 4 is 17.4 Å². The van der Waals surface area contributed by atoms with E-state index in [4.69, 9.17) is 18.9 Å². The Hall–Kier alpha value is -4.09. The van der Waals surface area contributed by atoms with Crippen molar-refractivity contribution in [2.75, 3.05) is 45.9 Å². The van der Waals surface area contributed by atoms with Crippen LogP contribution in [-0.2, 0) is 4.74 Å². The lowest BCUT2D eigenvalue weighted by Gasteiger charge is -2.40. The van der Waals surface area contributed by atoms with Crippen molar-refractivity contribution in [2.24, 2.45) is 0 Å². The van der Waals surface area contributed by atoms with Crippen LogP contribution in [0, 0.1) is 0 Å². The minimum atomic E-state index is -0.502. The lowest BCUT2D eigenvalue weighted by atomic mass is 9.96. The maximum atomic E-state index is 12.7. The molecule has 1 saturated heterocycles. The molecule has 0 unspecified atom stereocenters. The molecule has 7 heteroatoms. The Kier molecular flexibility index (Phi) is 9.51. The third-order valence-electron chi connectivity index (χ3n) is 7.30. The molecule has 0 bridgehead atoms. The lowest BCUT2D eigenvalue weighted by Crippen LogP contribution is -2.48. The van der Waals surface area contributed by atoms with E-state index in [-0.39, 0.29) is 12.1 Å².